The molecule has 29 heavy (non-hydrogen) atoms. The Balaban J connectivity index is 1.74. The van der Waals surface area contributed by atoms with Crippen molar-refractivity contribution < 1.29 is 19.0 Å². The Labute approximate surface area is 175 Å². The predicted molar refractivity (Wildman–Crippen MR) is 116 cm³/mol. The fraction of sp³-hybridized carbons (Fsp3) is 0.682. The van der Waals surface area contributed by atoms with Gasteiger partial charge in [0.05, 0.1) is 13.2 Å². The summed E-state index contributed by atoms with van der Waals surface area (Å²) in [4.78, 5) is 16.9. The van der Waals surface area contributed by atoms with Gasteiger partial charge in [0.15, 0.2) is 0 Å². The SMILES string of the molecule is CCCCCCOc1ccc(NC(=O)O[C@H](COC)CN2CCN(C)CC2)cc1. The number of hydrogen-bond acceptors (Lipinski definition) is 6. The Morgan fingerprint density at radius 1 is 1.10 bits per heavy atom. The molecule has 1 aliphatic rings. The molecule has 0 bridgehead atoms. The van der Waals surface area contributed by atoms with Gasteiger partial charge in [0.25, 0.3) is 0 Å². The van der Waals surface area contributed by atoms with Crippen molar-refractivity contribution in [2.24, 2.45) is 0 Å². The number of nitrogens with zero attached hydrogens (tertiary/aromatic N) is 2. The topological polar surface area (TPSA) is 63.3 Å². The summed E-state index contributed by atoms with van der Waals surface area (Å²) in [6, 6.07) is 7.39. The van der Waals surface area contributed by atoms with E-state index < -0.39 is 6.09 Å². The Morgan fingerprint density at radius 2 is 1.83 bits per heavy atom. The van der Waals surface area contributed by atoms with Crippen LogP contribution in [0.4, 0.5) is 10.5 Å². The van der Waals surface area contributed by atoms with Crippen LogP contribution in [-0.2, 0) is 9.47 Å². The summed E-state index contributed by atoms with van der Waals surface area (Å²) < 4.78 is 16.6. The van der Waals surface area contributed by atoms with Gasteiger partial charge in [-0.05, 0) is 37.7 Å². The van der Waals surface area contributed by atoms with E-state index in [1.165, 1.54) is 19.3 Å². The maximum Gasteiger partial charge on any atom is 0.412 e. The molecule has 0 saturated carbocycles. The molecule has 1 aromatic rings. The number of hydrogen-bond donors (Lipinski definition) is 1. The third kappa shape index (κ3) is 9.47. The number of ether oxygens (including phenoxy) is 3. The number of nitrogens with one attached hydrogen (secondary N) is 1. The minimum absolute atomic E-state index is 0.297. The van der Waals surface area contributed by atoms with Crippen LogP contribution in [0.5, 0.6) is 5.75 Å². The lowest BCUT2D eigenvalue weighted by Crippen LogP contribution is -2.48. The quantitative estimate of drug-likeness (QED) is 0.536. The Morgan fingerprint density at radius 3 is 2.48 bits per heavy atom. The molecule has 1 saturated heterocycles. The van der Waals surface area contributed by atoms with Crippen molar-refractivity contribution >= 4 is 11.8 Å². The predicted octanol–water partition coefficient (Wildman–Crippen LogP) is 3.46. The molecule has 1 aromatic carbocycles. The van der Waals surface area contributed by atoms with Crippen LogP contribution in [0.15, 0.2) is 24.3 Å². The number of rotatable bonds is 12. The number of piperazine rings is 1. The van der Waals surface area contributed by atoms with Crippen LogP contribution in [-0.4, -0.2) is 82.1 Å². The first-order valence-electron chi connectivity index (χ1n) is 10.7. The third-order valence-electron chi connectivity index (χ3n) is 5.05. The van der Waals surface area contributed by atoms with Crippen molar-refractivity contribution in [2.45, 2.75) is 38.7 Å². The second-order valence-electron chi connectivity index (χ2n) is 7.65. The van der Waals surface area contributed by atoms with Gasteiger partial charge in [-0.25, -0.2) is 4.79 Å². The van der Waals surface area contributed by atoms with Crippen LogP contribution in [0.3, 0.4) is 0 Å². The van der Waals surface area contributed by atoms with Crippen molar-refractivity contribution in [3.8, 4) is 5.75 Å². The van der Waals surface area contributed by atoms with Crippen LogP contribution in [0, 0.1) is 0 Å². The van der Waals surface area contributed by atoms with E-state index >= 15 is 0 Å². The zero-order valence-electron chi connectivity index (χ0n) is 18.2. The van der Waals surface area contributed by atoms with Gasteiger partial charge < -0.3 is 19.1 Å². The molecule has 0 radical (unpaired) electrons. The lowest BCUT2D eigenvalue weighted by molar-refractivity contribution is 0.0157. The molecule has 0 aliphatic carbocycles. The minimum atomic E-state index is -0.464. The molecule has 1 amide bonds. The third-order valence-corrected chi connectivity index (χ3v) is 5.05. The van der Waals surface area contributed by atoms with Gasteiger partial charge in [0, 0.05) is 45.5 Å². The van der Waals surface area contributed by atoms with Gasteiger partial charge in [-0.1, -0.05) is 26.2 Å². The summed E-state index contributed by atoms with van der Waals surface area (Å²) in [6.45, 7) is 7.98. The van der Waals surface area contributed by atoms with E-state index in [1.54, 1.807) is 7.11 Å². The minimum Gasteiger partial charge on any atom is -0.494 e. The van der Waals surface area contributed by atoms with Crippen molar-refractivity contribution in [3.05, 3.63) is 24.3 Å². The number of anilines is 1. The molecule has 1 aliphatic heterocycles. The zero-order chi connectivity index (χ0) is 20.9. The first-order valence-corrected chi connectivity index (χ1v) is 10.7. The highest BCUT2D eigenvalue weighted by atomic mass is 16.6. The van der Waals surface area contributed by atoms with Crippen molar-refractivity contribution in [1.29, 1.82) is 0 Å². The summed E-state index contributed by atoms with van der Waals surface area (Å²) in [7, 11) is 3.75. The molecule has 0 spiro atoms. The molecule has 0 aromatic heterocycles. The lowest BCUT2D eigenvalue weighted by Gasteiger charge is -2.34. The number of carbonyl (C=O) groups is 1. The normalized spacial score (nSPS) is 16.4. The van der Waals surface area contributed by atoms with Gasteiger partial charge in [0.2, 0.25) is 0 Å². The van der Waals surface area contributed by atoms with Gasteiger partial charge >= 0.3 is 6.09 Å². The molecule has 1 atom stereocenters. The van der Waals surface area contributed by atoms with Crippen LogP contribution < -0.4 is 10.1 Å². The average molecular weight is 408 g/mol. The van der Waals surface area contributed by atoms with E-state index in [4.69, 9.17) is 14.2 Å². The second-order valence-corrected chi connectivity index (χ2v) is 7.65. The highest BCUT2D eigenvalue weighted by molar-refractivity contribution is 5.84. The summed E-state index contributed by atoms with van der Waals surface area (Å²) in [5.74, 6) is 0.813. The molecule has 1 N–H and O–H groups in total. The fourth-order valence-corrected chi connectivity index (χ4v) is 3.28. The maximum absolute atomic E-state index is 12.3. The molecule has 7 nitrogen and oxygen atoms in total. The van der Waals surface area contributed by atoms with Crippen molar-refractivity contribution in [1.82, 2.24) is 9.80 Å². The summed E-state index contributed by atoms with van der Waals surface area (Å²) in [5, 5.41) is 2.79. The molecule has 164 valence electrons. The fourth-order valence-electron chi connectivity index (χ4n) is 3.28. The van der Waals surface area contributed by atoms with E-state index in [9.17, 15) is 4.79 Å². The lowest BCUT2D eigenvalue weighted by atomic mass is 10.2. The molecular weight excluding hydrogens is 370 g/mol. The summed E-state index contributed by atoms with van der Waals surface area (Å²) in [6.07, 6.45) is 3.96. The highest BCUT2D eigenvalue weighted by Crippen LogP contribution is 2.17. The van der Waals surface area contributed by atoms with Gasteiger partial charge in [-0.15, -0.1) is 0 Å². The Hall–Kier alpha value is -1.83. The van der Waals surface area contributed by atoms with Gasteiger partial charge in [-0.2, -0.15) is 0 Å². The van der Waals surface area contributed by atoms with Gasteiger partial charge in [0.1, 0.15) is 11.9 Å². The number of likely N-dealkylation sites (N-methyl/N-ethyl adjacent to an activating group) is 1. The van der Waals surface area contributed by atoms with Crippen LogP contribution >= 0.6 is 0 Å². The largest absolute Gasteiger partial charge is 0.494 e. The van der Waals surface area contributed by atoms with Gasteiger partial charge in [-0.3, -0.25) is 10.2 Å². The Bertz CT molecular complexity index is 574. The number of amides is 1. The number of unbranched alkanes of at least 4 members (excludes halogenated alkanes) is 3. The summed E-state index contributed by atoms with van der Waals surface area (Å²) in [5.41, 5.74) is 0.684. The molecule has 2 rings (SSSR count). The molecule has 1 fully saturated rings. The zero-order valence-corrected chi connectivity index (χ0v) is 18.2. The first-order chi connectivity index (χ1) is 14.1. The standard InChI is InChI=1S/C22H37N3O4/c1-4-5-6-7-16-28-20-10-8-19(9-11-20)23-22(26)29-21(18-27-3)17-25-14-12-24(2)13-15-25/h8-11,21H,4-7,12-18H2,1-3H3,(H,23,26)/t21-/m0/s1. The van der Waals surface area contributed by atoms with Crippen LogP contribution in [0.1, 0.15) is 32.6 Å². The monoisotopic (exact) mass is 407 g/mol. The average Bonchev–Trinajstić information content (AvgIpc) is 2.71. The first kappa shape index (κ1) is 23.4. The molecular formula is C22H37N3O4. The summed E-state index contributed by atoms with van der Waals surface area (Å²) >= 11 is 0. The smallest absolute Gasteiger partial charge is 0.412 e. The van der Waals surface area contributed by atoms with E-state index in [0.717, 1.165) is 45.0 Å². The number of methoxy groups -OCH3 is 1. The van der Waals surface area contributed by atoms with Crippen molar-refractivity contribution in [2.75, 3.05) is 65.4 Å². The van der Waals surface area contributed by atoms with E-state index in [0.29, 0.717) is 18.8 Å². The number of benzene rings is 1. The second kappa shape index (κ2) is 13.4. The Kier molecular flexibility index (Phi) is 10.8. The van der Waals surface area contributed by atoms with Crippen LogP contribution in [0.25, 0.3) is 0 Å². The van der Waals surface area contributed by atoms with Crippen LogP contribution in [0.2, 0.25) is 0 Å². The van der Waals surface area contributed by atoms with Crippen molar-refractivity contribution in [3.63, 3.8) is 0 Å². The maximum atomic E-state index is 12.3. The molecule has 7 heteroatoms. The van der Waals surface area contributed by atoms with E-state index in [-0.39, 0.29) is 6.10 Å². The highest BCUT2D eigenvalue weighted by Gasteiger charge is 2.21. The number of carbonyl (C=O) groups excluding carboxylic acids is 1. The van der Waals surface area contributed by atoms with E-state index in [1.807, 2.05) is 24.3 Å². The van der Waals surface area contributed by atoms with E-state index in [2.05, 4.69) is 29.1 Å². The molecule has 0 unspecified atom stereocenters. The molecule has 1 heterocycles.